The van der Waals surface area contributed by atoms with Gasteiger partial charge in [0, 0.05) is 12.4 Å². The first-order chi connectivity index (χ1) is 2.50. The van der Waals surface area contributed by atoms with E-state index >= 15 is 0 Å². The maximum Gasteiger partial charge on any atom is 0.0919 e. The number of rotatable bonds is 0. The van der Waals surface area contributed by atoms with E-state index in [9.17, 15) is 0 Å². The maximum atomic E-state index is 3.67. The lowest BCUT2D eigenvalue weighted by Gasteiger charge is -1.46. The van der Waals surface area contributed by atoms with Crippen molar-refractivity contribution < 1.29 is 0 Å². The number of aromatic nitrogens is 2. The molecule has 1 aromatic rings. The van der Waals surface area contributed by atoms with Gasteiger partial charge in [-0.25, -0.2) is 4.98 Å². The lowest BCUT2D eigenvalue weighted by Crippen LogP contribution is -1.44. The topological polar surface area (TPSA) is 63.7 Å². The first-order valence-electron chi connectivity index (χ1n) is 1.43. The SMILES string of the molecule is I.N.c1c[nH]cn1. The molecule has 0 aliphatic heterocycles. The molecule has 1 rings (SSSR count). The average molecular weight is 213 g/mol. The zero-order valence-electron chi connectivity index (χ0n) is 3.79. The van der Waals surface area contributed by atoms with Crippen LogP contribution in [0.15, 0.2) is 18.7 Å². The standard InChI is InChI=1S/C3H4N2.HI.H3N/c1-2-5-3-4-1;;/h1-3H,(H,4,5);1H;1H3. The predicted molar refractivity (Wildman–Crippen MR) is 39.0 cm³/mol. The summed E-state index contributed by atoms with van der Waals surface area (Å²) in [5.41, 5.74) is 0. The van der Waals surface area contributed by atoms with Crippen LogP contribution in [-0.2, 0) is 0 Å². The van der Waals surface area contributed by atoms with E-state index < -0.39 is 0 Å². The van der Waals surface area contributed by atoms with E-state index in [0.29, 0.717) is 0 Å². The highest BCUT2D eigenvalue weighted by Crippen LogP contribution is 1.62. The third kappa shape index (κ3) is 3.74. The van der Waals surface area contributed by atoms with Crippen LogP contribution < -0.4 is 6.15 Å². The number of nitrogens with zero attached hydrogens (tertiary/aromatic N) is 1. The van der Waals surface area contributed by atoms with E-state index in [1.165, 1.54) is 0 Å². The van der Waals surface area contributed by atoms with Crippen LogP contribution in [0.5, 0.6) is 0 Å². The van der Waals surface area contributed by atoms with Crippen LogP contribution in [0.2, 0.25) is 0 Å². The summed E-state index contributed by atoms with van der Waals surface area (Å²) in [6, 6.07) is 0. The summed E-state index contributed by atoms with van der Waals surface area (Å²) in [6.07, 6.45) is 5.08. The van der Waals surface area contributed by atoms with Crippen molar-refractivity contribution in [2.45, 2.75) is 0 Å². The summed E-state index contributed by atoms with van der Waals surface area (Å²) in [6.45, 7) is 0. The van der Waals surface area contributed by atoms with Gasteiger partial charge in [0.15, 0.2) is 0 Å². The van der Waals surface area contributed by atoms with E-state index in [2.05, 4.69) is 9.97 Å². The van der Waals surface area contributed by atoms with E-state index in [1.807, 2.05) is 0 Å². The van der Waals surface area contributed by atoms with Crippen LogP contribution in [0.1, 0.15) is 0 Å². The molecule has 4 heteroatoms. The highest BCUT2D eigenvalue weighted by atomic mass is 127. The van der Waals surface area contributed by atoms with Gasteiger partial charge in [0.25, 0.3) is 0 Å². The number of imidazole rings is 1. The molecule has 0 radical (unpaired) electrons. The summed E-state index contributed by atoms with van der Waals surface area (Å²) in [5, 5.41) is 0. The summed E-state index contributed by atoms with van der Waals surface area (Å²) in [7, 11) is 0. The minimum atomic E-state index is 0. The van der Waals surface area contributed by atoms with E-state index in [4.69, 9.17) is 0 Å². The molecule has 42 valence electrons. The smallest absolute Gasteiger partial charge is 0.0919 e. The van der Waals surface area contributed by atoms with Crippen molar-refractivity contribution in [2.75, 3.05) is 0 Å². The van der Waals surface area contributed by atoms with E-state index in [0.717, 1.165) is 0 Å². The fourth-order valence-electron chi connectivity index (χ4n) is 0.215. The molecule has 0 aliphatic rings. The van der Waals surface area contributed by atoms with Crippen molar-refractivity contribution in [1.82, 2.24) is 16.1 Å². The molecule has 0 spiro atoms. The van der Waals surface area contributed by atoms with Gasteiger partial charge in [-0.3, -0.25) is 0 Å². The number of hydrogen-bond acceptors (Lipinski definition) is 2. The second-order valence-electron chi connectivity index (χ2n) is 0.761. The second kappa shape index (κ2) is 5.90. The van der Waals surface area contributed by atoms with Gasteiger partial charge in [-0.15, -0.1) is 24.0 Å². The van der Waals surface area contributed by atoms with Crippen molar-refractivity contribution in [3.63, 3.8) is 0 Å². The van der Waals surface area contributed by atoms with Gasteiger partial charge in [-0.1, -0.05) is 0 Å². The van der Waals surface area contributed by atoms with E-state index in [-0.39, 0.29) is 30.1 Å². The lowest BCUT2D eigenvalue weighted by atomic mass is 11.0. The molecule has 1 heterocycles. The molecule has 0 aromatic carbocycles. The quantitative estimate of drug-likeness (QED) is 0.635. The number of halogens is 1. The van der Waals surface area contributed by atoms with E-state index in [1.54, 1.807) is 18.7 Å². The number of hydrogen-bond donors (Lipinski definition) is 2. The molecule has 0 saturated carbocycles. The Labute approximate surface area is 59.1 Å². The van der Waals surface area contributed by atoms with Gasteiger partial charge in [-0.2, -0.15) is 0 Å². The Kier molecular flexibility index (Phi) is 8.43. The molecular weight excluding hydrogens is 205 g/mol. The highest BCUT2D eigenvalue weighted by molar-refractivity contribution is 14.0. The Morgan fingerprint density at radius 2 is 2.14 bits per heavy atom. The molecule has 7 heavy (non-hydrogen) atoms. The fourth-order valence-corrected chi connectivity index (χ4v) is 0.215. The Morgan fingerprint density at radius 3 is 2.29 bits per heavy atom. The fraction of sp³-hybridized carbons (Fsp3) is 0. The van der Waals surface area contributed by atoms with Gasteiger partial charge < -0.3 is 11.1 Å². The van der Waals surface area contributed by atoms with Gasteiger partial charge in [0.1, 0.15) is 0 Å². The zero-order chi connectivity index (χ0) is 3.54. The predicted octanol–water partition coefficient (Wildman–Crippen LogP) is 1.19. The van der Waals surface area contributed by atoms with Crippen LogP contribution in [0.4, 0.5) is 0 Å². The second-order valence-corrected chi connectivity index (χ2v) is 0.761. The van der Waals surface area contributed by atoms with Gasteiger partial charge in [0.05, 0.1) is 6.33 Å². The Hall–Kier alpha value is -0.100. The Morgan fingerprint density at radius 1 is 1.43 bits per heavy atom. The largest absolute Gasteiger partial charge is 0.351 e. The molecule has 0 aliphatic carbocycles. The third-order valence-electron chi connectivity index (χ3n) is 0.406. The van der Waals surface area contributed by atoms with Crippen LogP contribution in [0, 0.1) is 0 Å². The normalized spacial score (nSPS) is 5.71. The molecule has 0 amide bonds. The molecule has 0 unspecified atom stereocenters. The minimum absolute atomic E-state index is 0. The van der Waals surface area contributed by atoms with Gasteiger partial charge >= 0.3 is 0 Å². The highest BCUT2D eigenvalue weighted by Gasteiger charge is 1.56. The van der Waals surface area contributed by atoms with Crippen molar-refractivity contribution in [2.24, 2.45) is 0 Å². The van der Waals surface area contributed by atoms with Gasteiger partial charge in [0.2, 0.25) is 0 Å². The molecule has 0 bridgehead atoms. The summed E-state index contributed by atoms with van der Waals surface area (Å²) in [4.78, 5) is 6.42. The Balaban J connectivity index is 0. The maximum absolute atomic E-state index is 3.67. The summed E-state index contributed by atoms with van der Waals surface area (Å²) < 4.78 is 0. The summed E-state index contributed by atoms with van der Waals surface area (Å²) in [5.74, 6) is 0. The number of aromatic amines is 1. The van der Waals surface area contributed by atoms with Crippen molar-refractivity contribution >= 4 is 24.0 Å². The molecule has 3 nitrogen and oxygen atoms in total. The van der Waals surface area contributed by atoms with Crippen molar-refractivity contribution in [1.29, 1.82) is 0 Å². The molecule has 4 N–H and O–H groups in total. The molecule has 0 saturated heterocycles. The summed E-state index contributed by atoms with van der Waals surface area (Å²) >= 11 is 0. The molecule has 0 atom stereocenters. The first kappa shape index (κ1) is 10.0. The minimum Gasteiger partial charge on any atom is -0.351 e. The first-order valence-corrected chi connectivity index (χ1v) is 1.43. The number of H-pyrrole nitrogens is 1. The molecular formula is C3H8IN3. The van der Waals surface area contributed by atoms with Gasteiger partial charge in [-0.05, 0) is 0 Å². The Bertz CT molecular complexity index is 66.7. The third-order valence-corrected chi connectivity index (χ3v) is 0.406. The van der Waals surface area contributed by atoms with Crippen LogP contribution in [0.25, 0.3) is 0 Å². The molecule has 1 aromatic heterocycles. The monoisotopic (exact) mass is 213 g/mol. The van der Waals surface area contributed by atoms with Crippen LogP contribution in [-0.4, -0.2) is 9.97 Å². The van der Waals surface area contributed by atoms with Crippen molar-refractivity contribution in [3.8, 4) is 0 Å². The average Bonchev–Trinajstić information content (AvgIpc) is 1.76. The van der Waals surface area contributed by atoms with Crippen LogP contribution in [0.3, 0.4) is 0 Å². The van der Waals surface area contributed by atoms with Crippen molar-refractivity contribution in [3.05, 3.63) is 18.7 Å². The number of nitrogens with one attached hydrogen (secondary N) is 1. The molecule has 0 fully saturated rings. The van der Waals surface area contributed by atoms with Crippen LogP contribution >= 0.6 is 24.0 Å². The zero-order valence-corrected chi connectivity index (χ0v) is 6.12. The lowest BCUT2D eigenvalue weighted by molar-refractivity contribution is 1.31.